The minimum Gasteiger partial charge on any atom is -0.286 e. The number of anilines is 1. The second-order valence-electron chi connectivity index (χ2n) is 5.67. The van der Waals surface area contributed by atoms with Crippen LogP contribution in [0.4, 0.5) is 15.8 Å². The number of hydrazine groups is 1. The van der Waals surface area contributed by atoms with Crippen LogP contribution in [0.25, 0.3) is 0 Å². The van der Waals surface area contributed by atoms with Gasteiger partial charge in [0.25, 0.3) is 17.5 Å². The number of halogens is 1. The van der Waals surface area contributed by atoms with Crippen molar-refractivity contribution in [3.8, 4) is 0 Å². The van der Waals surface area contributed by atoms with E-state index >= 15 is 0 Å². The van der Waals surface area contributed by atoms with Crippen molar-refractivity contribution in [3.05, 3.63) is 70.0 Å². The largest absolute Gasteiger partial charge is 0.286 e. The van der Waals surface area contributed by atoms with Crippen molar-refractivity contribution < 1.29 is 23.7 Å². The van der Waals surface area contributed by atoms with Crippen LogP contribution in [0.1, 0.15) is 16.8 Å². The van der Waals surface area contributed by atoms with Crippen molar-refractivity contribution in [1.29, 1.82) is 0 Å². The molecule has 1 heterocycles. The van der Waals surface area contributed by atoms with E-state index in [2.05, 4.69) is 10.9 Å². The van der Waals surface area contributed by atoms with Crippen LogP contribution >= 0.6 is 0 Å². The summed E-state index contributed by atoms with van der Waals surface area (Å²) < 4.78 is 13.0. The molecule has 1 aliphatic rings. The normalized spacial score (nSPS) is 16.5. The fourth-order valence-corrected chi connectivity index (χ4v) is 2.65. The lowest BCUT2D eigenvalue weighted by Crippen LogP contribution is -2.48. The molecule has 2 N–H and O–H groups in total. The highest BCUT2D eigenvalue weighted by Crippen LogP contribution is 2.23. The van der Waals surface area contributed by atoms with Gasteiger partial charge in [-0.05, 0) is 30.3 Å². The quantitative estimate of drug-likeness (QED) is 0.463. The molecule has 27 heavy (non-hydrogen) atoms. The number of hydrogen-bond donors (Lipinski definition) is 2. The Morgan fingerprint density at radius 1 is 1.15 bits per heavy atom. The first-order valence-corrected chi connectivity index (χ1v) is 7.80. The topological polar surface area (TPSA) is 122 Å². The Balaban J connectivity index is 1.70. The SMILES string of the molecule is O=C(NNC1CC(=O)N(c2ccc(F)cc2)C1=O)c1ccccc1[N+](=O)[O-]. The van der Waals surface area contributed by atoms with Gasteiger partial charge >= 0.3 is 0 Å². The minimum absolute atomic E-state index is 0.192. The van der Waals surface area contributed by atoms with Gasteiger partial charge in [0.2, 0.25) is 5.91 Å². The smallest absolute Gasteiger partial charge is 0.282 e. The molecule has 1 saturated heterocycles. The van der Waals surface area contributed by atoms with Crippen LogP contribution in [0.5, 0.6) is 0 Å². The lowest BCUT2D eigenvalue weighted by atomic mass is 10.2. The number of imide groups is 1. The van der Waals surface area contributed by atoms with Gasteiger partial charge in [-0.3, -0.25) is 29.9 Å². The van der Waals surface area contributed by atoms with Crippen LogP contribution in [-0.4, -0.2) is 28.7 Å². The molecule has 138 valence electrons. The Kier molecular flexibility index (Phi) is 4.90. The maximum atomic E-state index is 13.0. The number of amides is 3. The molecule has 2 aromatic rings. The summed E-state index contributed by atoms with van der Waals surface area (Å²) in [6, 6.07) is 9.09. The van der Waals surface area contributed by atoms with Crippen LogP contribution in [0.2, 0.25) is 0 Å². The number of nitro benzene ring substituents is 1. The Hall–Kier alpha value is -3.66. The average molecular weight is 372 g/mol. The van der Waals surface area contributed by atoms with Gasteiger partial charge in [0, 0.05) is 6.07 Å². The van der Waals surface area contributed by atoms with E-state index in [0.717, 1.165) is 17.0 Å². The second kappa shape index (κ2) is 7.30. The van der Waals surface area contributed by atoms with Crippen LogP contribution in [0.3, 0.4) is 0 Å². The van der Waals surface area contributed by atoms with Crippen molar-refractivity contribution in [1.82, 2.24) is 10.9 Å². The van der Waals surface area contributed by atoms with Crippen molar-refractivity contribution in [2.45, 2.75) is 12.5 Å². The Labute approximate surface area is 151 Å². The first kappa shape index (κ1) is 18.1. The summed E-state index contributed by atoms with van der Waals surface area (Å²) in [6.07, 6.45) is -0.229. The van der Waals surface area contributed by atoms with Gasteiger partial charge in [-0.15, -0.1) is 0 Å². The number of carbonyl (C=O) groups is 3. The van der Waals surface area contributed by atoms with Crippen LogP contribution in [-0.2, 0) is 9.59 Å². The summed E-state index contributed by atoms with van der Waals surface area (Å²) in [5.74, 6) is -2.48. The van der Waals surface area contributed by atoms with Gasteiger partial charge in [-0.2, -0.15) is 0 Å². The highest BCUT2D eigenvalue weighted by atomic mass is 19.1. The molecule has 0 saturated carbocycles. The molecule has 1 atom stereocenters. The first-order chi connectivity index (χ1) is 12.9. The van der Waals surface area contributed by atoms with E-state index in [4.69, 9.17) is 0 Å². The number of nitrogens with one attached hydrogen (secondary N) is 2. The number of para-hydroxylation sites is 1. The van der Waals surface area contributed by atoms with Gasteiger partial charge in [0.05, 0.1) is 17.0 Å². The summed E-state index contributed by atoms with van der Waals surface area (Å²) in [4.78, 5) is 47.9. The van der Waals surface area contributed by atoms with Crippen LogP contribution in [0, 0.1) is 15.9 Å². The summed E-state index contributed by atoms with van der Waals surface area (Å²) in [7, 11) is 0. The number of benzene rings is 2. The Morgan fingerprint density at radius 2 is 1.81 bits per heavy atom. The molecule has 9 nitrogen and oxygen atoms in total. The molecular formula is C17H13FN4O5. The molecule has 0 bridgehead atoms. The zero-order valence-corrected chi connectivity index (χ0v) is 13.7. The molecule has 10 heteroatoms. The van der Waals surface area contributed by atoms with Crippen LogP contribution < -0.4 is 15.8 Å². The molecule has 3 amide bonds. The molecule has 3 rings (SSSR count). The first-order valence-electron chi connectivity index (χ1n) is 7.80. The van der Waals surface area contributed by atoms with Gasteiger partial charge in [-0.1, -0.05) is 12.1 Å². The maximum Gasteiger partial charge on any atom is 0.282 e. The number of carbonyl (C=O) groups excluding carboxylic acids is 3. The van der Waals surface area contributed by atoms with Gasteiger partial charge in [0.1, 0.15) is 17.4 Å². The van der Waals surface area contributed by atoms with E-state index in [-0.39, 0.29) is 17.7 Å². The summed E-state index contributed by atoms with van der Waals surface area (Å²) in [6.45, 7) is 0. The summed E-state index contributed by atoms with van der Waals surface area (Å²) >= 11 is 0. The standard InChI is InChI=1S/C17H13FN4O5/c18-10-5-7-11(8-6-10)21-15(23)9-13(17(21)25)19-20-16(24)12-3-1-2-4-14(12)22(26)27/h1-8,13,19H,9H2,(H,20,24). The fraction of sp³-hybridized carbons (Fsp3) is 0.118. The van der Waals surface area contributed by atoms with E-state index < -0.39 is 40.2 Å². The third-order valence-corrected chi connectivity index (χ3v) is 3.94. The molecule has 2 aromatic carbocycles. The lowest BCUT2D eigenvalue weighted by molar-refractivity contribution is -0.385. The highest BCUT2D eigenvalue weighted by Gasteiger charge is 2.39. The average Bonchev–Trinajstić information content (AvgIpc) is 2.94. The van der Waals surface area contributed by atoms with Crippen molar-refractivity contribution >= 4 is 29.1 Å². The molecule has 1 unspecified atom stereocenters. The molecule has 0 radical (unpaired) electrons. The fourth-order valence-electron chi connectivity index (χ4n) is 2.65. The third kappa shape index (κ3) is 3.65. The van der Waals surface area contributed by atoms with Gasteiger partial charge in [0.15, 0.2) is 0 Å². The maximum absolute atomic E-state index is 13.0. The zero-order valence-electron chi connectivity index (χ0n) is 13.7. The van der Waals surface area contributed by atoms with Crippen molar-refractivity contribution in [2.75, 3.05) is 4.90 Å². The summed E-state index contributed by atoms with van der Waals surface area (Å²) in [5.41, 5.74) is 4.27. The van der Waals surface area contributed by atoms with E-state index in [1.54, 1.807) is 0 Å². The van der Waals surface area contributed by atoms with E-state index in [1.165, 1.54) is 36.4 Å². The predicted molar refractivity (Wildman–Crippen MR) is 91.0 cm³/mol. The Morgan fingerprint density at radius 3 is 2.48 bits per heavy atom. The minimum atomic E-state index is -1.05. The third-order valence-electron chi connectivity index (χ3n) is 3.94. The number of nitrogens with zero attached hydrogens (tertiary/aromatic N) is 2. The van der Waals surface area contributed by atoms with Crippen LogP contribution in [0.15, 0.2) is 48.5 Å². The number of hydrogen-bond acceptors (Lipinski definition) is 6. The van der Waals surface area contributed by atoms with E-state index in [9.17, 15) is 28.9 Å². The second-order valence-corrected chi connectivity index (χ2v) is 5.67. The highest BCUT2D eigenvalue weighted by molar-refractivity contribution is 6.22. The molecule has 0 spiro atoms. The molecule has 0 aliphatic carbocycles. The van der Waals surface area contributed by atoms with Gasteiger partial charge in [-0.25, -0.2) is 14.7 Å². The number of rotatable bonds is 5. The Bertz CT molecular complexity index is 931. The predicted octanol–water partition coefficient (Wildman–Crippen LogP) is 1.30. The summed E-state index contributed by atoms with van der Waals surface area (Å²) in [5, 5.41) is 11.0. The molecule has 1 aliphatic heterocycles. The van der Waals surface area contributed by atoms with E-state index in [1.807, 2.05) is 0 Å². The zero-order chi connectivity index (χ0) is 19.6. The van der Waals surface area contributed by atoms with Gasteiger partial charge < -0.3 is 0 Å². The van der Waals surface area contributed by atoms with Crippen molar-refractivity contribution in [3.63, 3.8) is 0 Å². The lowest BCUT2D eigenvalue weighted by Gasteiger charge is -2.16. The molecule has 0 aromatic heterocycles. The van der Waals surface area contributed by atoms with Crippen molar-refractivity contribution in [2.24, 2.45) is 0 Å². The molecule has 1 fully saturated rings. The van der Waals surface area contributed by atoms with E-state index in [0.29, 0.717) is 0 Å². The molecular weight excluding hydrogens is 359 g/mol. The number of nitro groups is 1. The monoisotopic (exact) mass is 372 g/mol.